The van der Waals surface area contributed by atoms with Gasteiger partial charge >= 0.3 is 0 Å². The van der Waals surface area contributed by atoms with Gasteiger partial charge in [0.1, 0.15) is 18.2 Å². The van der Waals surface area contributed by atoms with Gasteiger partial charge < -0.3 is 10.2 Å². The van der Waals surface area contributed by atoms with E-state index in [-0.39, 0.29) is 6.10 Å². The van der Waals surface area contributed by atoms with Gasteiger partial charge in [-0.15, -0.1) is 0 Å². The van der Waals surface area contributed by atoms with Gasteiger partial charge in [-0.1, -0.05) is 20.8 Å². The van der Waals surface area contributed by atoms with Crippen LogP contribution in [0.2, 0.25) is 0 Å². The Morgan fingerprint density at radius 1 is 1.39 bits per heavy atom. The third-order valence-corrected chi connectivity index (χ3v) is 3.42. The summed E-state index contributed by atoms with van der Waals surface area (Å²) in [5.74, 6) is 7.17. The Hall–Kier alpha value is -1.36. The summed E-state index contributed by atoms with van der Waals surface area (Å²) in [5, 5.41) is 0. The number of hydrazine groups is 1. The van der Waals surface area contributed by atoms with E-state index in [0.717, 1.165) is 12.8 Å². The molecule has 0 aliphatic heterocycles. The fraction of sp³-hybridized carbons (Fsp3) is 0.692. The van der Waals surface area contributed by atoms with Crippen molar-refractivity contribution in [2.24, 2.45) is 17.2 Å². The van der Waals surface area contributed by atoms with E-state index in [0.29, 0.717) is 23.0 Å². The van der Waals surface area contributed by atoms with Crippen molar-refractivity contribution in [2.75, 3.05) is 5.43 Å². The predicted octanol–water partition coefficient (Wildman–Crippen LogP) is 2.36. The van der Waals surface area contributed by atoms with Gasteiger partial charge in [-0.05, 0) is 30.6 Å². The molecule has 5 heteroatoms. The molecule has 1 heterocycles. The molecular formula is C13H22N4O. The van der Waals surface area contributed by atoms with E-state index >= 15 is 0 Å². The topological polar surface area (TPSA) is 73.1 Å². The van der Waals surface area contributed by atoms with Gasteiger partial charge in [-0.3, -0.25) is 0 Å². The Morgan fingerprint density at radius 2 is 2.17 bits per heavy atom. The molecule has 0 radical (unpaired) electrons. The molecule has 1 saturated carbocycles. The lowest BCUT2D eigenvalue weighted by Crippen LogP contribution is -2.34. The van der Waals surface area contributed by atoms with E-state index in [1.807, 2.05) is 0 Å². The summed E-state index contributed by atoms with van der Waals surface area (Å²) in [6.07, 6.45) is 5.09. The molecule has 18 heavy (non-hydrogen) atoms. The zero-order valence-corrected chi connectivity index (χ0v) is 11.3. The highest BCUT2D eigenvalue weighted by atomic mass is 16.5. The van der Waals surface area contributed by atoms with Crippen LogP contribution in [0.4, 0.5) is 5.82 Å². The number of hydrogen-bond acceptors (Lipinski definition) is 5. The highest BCUT2D eigenvalue weighted by Crippen LogP contribution is 2.39. The van der Waals surface area contributed by atoms with Crippen molar-refractivity contribution in [3.63, 3.8) is 0 Å². The van der Waals surface area contributed by atoms with Crippen LogP contribution >= 0.6 is 0 Å². The minimum atomic E-state index is 0.226. The number of rotatable bonds is 3. The van der Waals surface area contributed by atoms with E-state index in [9.17, 15) is 0 Å². The molecule has 1 aliphatic carbocycles. The Kier molecular flexibility index (Phi) is 3.71. The summed E-state index contributed by atoms with van der Waals surface area (Å²) >= 11 is 0. The summed E-state index contributed by atoms with van der Waals surface area (Å²) in [6, 6.07) is 1.73. The van der Waals surface area contributed by atoms with Crippen molar-refractivity contribution in [3.8, 4) is 5.88 Å². The van der Waals surface area contributed by atoms with Gasteiger partial charge in [0.15, 0.2) is 0 Å². The molecule has 1 aliphatic rings. The predicted molar refractivity (Wildman–Crippen MR) is 71.1 cm³/mol. The molecule has 1 aromatic rings. The van der Waals surface area contributed by atoms with Crippen LogP contribution in [0.5, 0.6) is 5.88 Å². The average molecular weight is 250 g/mol. The zero-order valence-electron chi connectivity index (χ0n) is 11.3. The molecule has 2 rings (SSSR count). The second-order valence-corrected chi connectivity index (χ2v) is 6.04. The van der Waals surface area contributed by atoms with Crippen LogP contribution in [-0.2, 0) is 0 Å². The van der Waals surface area contributed by atoms with Crippen LogP contribution in [0.15, 0.2) is 12.4 Å². The van der Waals surface area contributed by atoms with Crippen molar-refractivity contribution in [1.82, 2.24) is 9.97 Å². The summed E-state index contributed by atoms with van der Waals surface area (Å²) in [5.41, 5.74) is 2.84. The van der Waals surface area contributed by atoms with E-state index < -0.39 is 0 Å². The first-order chi connectivity index (χ1) is 8.48. The Morgan fingerprint density at radius 3 is 2.83 bits per heavy atom. The van der Waals surface area contributed by atoms with Gasteiger partial charge in [-0.25, -0.2) is 15.8 Å². The lowest BCUT2D eigenvalue weighted by molar-refractivity contribution is 0.0532. The first-order valence-electron chi connectivity index (χ1n) is 6.44. The first kappa shape index (κ1) is 13.1. The van der Waals surface area contributed by atoms with Gasteiger partial charge in [0.2, 0.25) is 5.88 Å². The summed E-state index contributed by atoms with van der Waals surface area (Å²) < 4.78 is 5.96. The second-order valence-electron chi connectivity index (χ2n) is 6.04. The van der Waals surface area contributed by atoms with E-state index in [1.165, 1.54) is 12.7 Å². The highest BCUT2D eigenvalue weighted by molar-refractivity contribution is 5.35. The third-order valence-electron chi connectivity index (χ3n) is 3.42. The quantitative estimate of drug-likeness (QED) is 0.636. The smallest absolute Gasteiger partial charge is 0.218 e. The fourth-order valence-corrected chi connectivity index (χ4v) is 3.00. The van der Waals surface area contributed by atoms with Crippen LogP contribution < -0.4 is 16.0 Å². The number of nitrogen functional groups attached to an aromatic ring is 1. The number of anilines is 1. The molecule has 1 fully saturated rings. The number of ether oxygens (including phenoxy) is 1. The molecule has 0 bridgehead atoms. The maximum atomic E-state index is 5.96. The van der Waals surface area contributed by atoms with Crippen molar-refractivity contribution >= 4 is 5.82 Å². The Balaban J connectivity index is 2.04. The number of nitrogens with one attached hydrogen (secondary N) is 1. The summed E-state index contributed by atoms with van der Waals surface area (Å²) in [6.45, 7) is 6.88. The van der Waals surface area contributed by atoms with Crippen LogP contribution in [0.25, 0.3) is 0 Å². The maximum absolute atomic E-state index is 5.96. The van der Waals surface area contributed by atoms with E-state index in [4.69, 9.17) is 10.6 Å². The summed E-state index contributed by atoms with van der Waals surface area (Å²) in [7, 11) is 0. The van der Waals surface area contributed by atoms with Crippen molar-refractivity contribution < 1.29 is 4.74 Å². The van der Waals surface area contributed by atoms with Crippen LogP contribution in [-0.4, -0.2) is 16.1 Å². The van der Waals surface area contributed by atoms with E-state index in [1.54, 1.807) is 6.07 Å². The number of hydrogen-bond donors (Lipinski definition) is 2. The minimum Gasteiger partial charge on any atom is -0.474 e. The molecule has 0 amide bonds. The van der Waals surface area contributed by atoms with Gasteiger partial charge in [-0.2, -0.15) is 0 Å². The van der Waals surface area contributed by atoms with Crippen LogP contribution in [0.3, 0.4) is 0 Å². The molecular weight excluding hydrogens is 228 g/mol. The van der Waals surface area contributed by atoms with Gasteiger partial charge in [0.25, 0.3) is 0 Å². The van der Waals surface area contributed by atoms with Crippen LogP contribution in [0, 0.1) is 11.3 Å². The lowest BCUT2D eigenvalue weighted by atomic mass is 9.71. The number of aromatic nitrogens is 2. The van der Waals surface area contributed by atoms with Gasteiger partial charge in [0.05, 0.1) is 0 Å². The Labute approximate surface area is 108 Å². The molecule has 5 nitrogen and oxygen atoms in total. The largest absolute Gasteiger partial charge is 0.474 e. The second kappa shape index (κ2) is 5.10. The standard InChI is InChI=1S/C13H22N4O/c1-9-4-10(7-13(2,3)6-9)18-12-5-11(17-14)15-8-16-12/h5,8-10H,4,6-7,14H2,1-3H3,(H,15,16,17). The van der Waals surface area contributed by atoms with E-state index in [2.05, 4.69) is 36.2 Å². The first-order valence-corrected chi connectivity index (χ1v) is 6.44. The normalized spacial score (nSPS) is 26.7. The molecule has 0 aromatic carbocycles. The van der Waals surface area contributed by atoms with Crippen LogP contribution in [0.1, 0.15) is 40.0 Å². The molecule has 1 aromatic heterocycles. The monoisotopic (exact) mass is 250 g/mol. The molecule has 100 valence electrons. The van der Waals surface area contributed by atoms with Crippen molar-refractivity contribution in [2.45, 2.75) is 46.1 Å². The minimum absolute atomic E-state index is 0.226. The fourth-order valence-electron chi connectivity index (χ4n) is 3.00. The number of nitrogens with two attached hydrogens (primary N) is 1. The lowest BCUT2D eigenvalue weighted by Gasteiger charge is -2.38. The van der Waals surface area contributed by atoms with Crippen molar-refractivity contribution in [1.29, 1.82) is 0 Å². The third kappa shape index (κ3) is 3.32. The maximum Gasteiger partial charge on any atom is 0.218 e. The average Bonchev–Trinajstić information content (AvgIpc) is 2.26. The summed E-state index contributed by atoms with van der Waals surface area (Å²) in [4.78, 5) is 8.09. The van der Waals surface area contributed by atoms with Gasteiger partial charge in [0, 0.05) is 6.07 Å². The number of nitrogens with zero attached hydrogens (tertiary/aromatic N) is 2. The van der Waals surface area contributed by atoms with Crippen molar-refractivity contribution in [3.05, 3.63) is 12.4 Å². The molecule has 2 atom stereocenters. The SMILES string of the molecule is CC1CC(Oc2cc(NN)ncn2)CC(C)(C)C1. The molecule has 0 saturated heterocycles. The molecule has 3 N–H and O–H groups in total. The Bertz CT molecular complexity index is 408. The zero-order chi connectivity index (χ0) is 13.2. The highest BCUT2D eigenvalue weighted by Gasteiger charge is 2.33. The molecule has 2 unspecified atom stereocenters. The molecule has 0 spiro atoms.